The summed E-state index contributed by atoms with van der Waals surface area (Å²) in [6.45, 7) is 5.65. The van der Waals surface area contributed by atoms with Crippen molar-refractivity contribution in [2.24, 2.45) is 5.73 Å². The van der Waals surface area contributed by atoms with E-state index in [0.717, 1.165) is 6.42 Å². The zero-order valence-electron chi connectivity index (χ0n) is 12.5. The highest BCUT2D eigenvalue weighted by molar-refractivity contribution is 5.56. The lowest BCUT2D eigenvalue weighted by Gasteiger charge is -2.29. The SMILES string of the molecule is CCC(C)N(C)c1ccc(CC(C)N)cc1C(F)(F)F. The molecule has 2 unspecified atom stereocenters. The number of rotatable bonds is 5. The Labute approximate surface area is 118 Å². The van der Waals surface area contributed by atoms with Gasteiger partial charge in [0.05, 0.1) is 5.56 Å². The fourth-order valence-electron chi connectivity index (χ4n) is 2.13. The predicted molar refractivity (Wildman–Crippen MR) is 77.0 cm³/mol. The predicted octanol–water partition coefficient (Wildman–Crippen LogP) is 3.83. The van der Waals surface area contributed by atoms with E-state index in [-0.39, 0.29) is 17.8 Å². The molecule has 20 heavy (non-hydrogen) atoms. The maximum absolute atomic E-state index is 13.2. The summed E-state index contributed by atoms with van der Waals surface area (Å²) in [5.41, 5.74) is 5.92. The summed E-state index contributed by atoms with van der Waals surface area (Å²) in [6, 6.07) is 4.39. The van der Waals surface area contributed by atoms with Crippen molar-refractivity contribution in [2.45, 2.75) is 51.9 Å². The van der Waals surface area contributed by atoms with Crippen molar-refractivity contribution in [1.82, 2.24) is 0 Å². The van der Waals surface area contributed by atoms with Crippen LogP contribution in [0.4, 0.5) is 18.9 Å². The van der Waals surface area contributed by atoms with Crippen LogP contribution in [0.15, 0.2) is 18.2 Å². The molecule has 0 radical (unpaired) electrons. The standard InChI is InChI=1S/C15H23F3N2/c1-5-11(3)20(4)14-7-6-12(8-10(2)19)9-13(14)15(16,17)18/h6-7,9-11H,5,8,19H2,1-4H3. The van der Waals surface area contributed by atoms with Gasteiger partial charge in [-0.05, 0) is 44.4 Å². The van der Waals surface area contributed by atoms with Crippen molar-refractivity contribution in [3.8, 4) is 0 Å². The summed E-state index contributed by atoms with van der Waals surface area (Å²) < 4.78 is 39.7. The van der Waals surface area contributed by atoms with Crippen molar-refractivity contribution in [3.63, 3.8) is 0 Å². The molecule has 0 heterocycles. The summed E-state index contributed by atoms with van der Waals surface area (Å²) in [7, 11) is 1.70. The summed E-state index contributed by atoms with van der Waals surface area (Å²) in [4.78, 5) is 1.68. The Morgan fingerprint density at radius 2 is 1.85 bits per heavy atom. The minimum atomic E-state index is -4.36. The number of nitrogens with zero attached hydrogens (tertiary/aromatic N) is 1. The zero-order valence-corrected chi connectivity index (χ0v) is 12.5. The Kier molecular flexibility index (Phi) is 5.45. The molecular formula is C15H23F3N2. The van der Waals surface area contributed by atoms with Crippen molar-refractivity contribution >= 4 is 5.69 Å². The molecule has 0 spiro atoms. The first-order valence-electron chi connectivity index (χ1n) is 6.85. The van der Waals surface area contributed by atoms with Crippen LogP contribution in [0.5, 0.6) is 0 Å². The van der Waals surface area contributed by atoms with Crippen molar-refractivity contribution in [2.75, 3.05) is 11.9 Å². The maximum atomic E-state index is 13.2. The number of anilines is 1. The van der Waals surface area contributed by atoms with Crippen LogP contribution in [0.2, 0.25) is 0 Å². The van der Waals surface area contributed by atoms with Crippen LogP contribution in [0.25, 0.3) is 0 Å². The molecule has 0 saturated carbocycles. The lowest BCUT2D eigenvalue weighted by atomic mass is 10.0. The van der Waals surface area contributed by atoms with E-state index >= 15 is 0 Å². The number of nitrogens with two attached hydrogens (primary N) is 1. The average molecular weight is 288 g/mol. The zero-order chi connectivity index (χ0) is 15.5. The molecule has 2 nitrogen and oxygen atoms in total. The largest absolute Gasteiger partial charge is 0.418 e. The topological polar surface area (TPSA) is 29.3 Å². The smallest absolute Gasteiger partial charge is 0.371 e. The maximum Gasteiger partial charge on any atom is 0.418 e. The molecule has 0 aliphatic carbocycles. The fraction of sp³-hybridized carbons (Fsp3) is 0.600. The Balaban J connectivity index is 3.24. The summed E-state index contributed by atoms with van der Waals surface area (Å²) in [6.07, 6.45) is -3.13. The van der Waals surface area contributed by atoms with E-state index in [1.54, 1.807) is 31.0 Å². The molecule has 1 aromatic carbocycles. The van der Waals surface area contributed by atoms with Crippen LogP contribution in [0.1, 0.15) is 38.3 Å². The first kappa shape index (κ1) is 16.8. The molecule has 0 saturated heterocycles. The number of benzene rings is 1. The van der Waals surface area contributed by atoms with E-state index in [1.165, 1.54) is 6.07 Å². The van der Waals surface area contributed by atoms with Crippen molar-refractivity contribution in [1.29, 1.82) is 0 Å². The monoisotopic (exact) mass is 288 g/mol. The molecule has 0 aromatic heterocycles. The van der Waals surface area contributed by atoms with Gasteiger partial charge in [-0.3, -0.25) is 0 Å². The summed E-state index contributed by atoms with van der Waals surface area (Å²) in [5, 5.41) is 0. The van der Waals surface area contributed by atoms with Gasteiger partial charge in [0.15, 0.2) is 0 Å². The molecule has 1 rings (SSSR count). The molecule has 5 heteroatoms. The van der Waals surface area contributed by atoms with Crippen LogP contribution in [0.3, 0.4) is 0 Å². The van der Waals surface area contributed by atoms with E-state index in [0.29, 0.717) is 12.0 Å². The highest BCUT2D eigenvalue weighted by atomic mass is 19.4. The fourth-order valence-corrected chi connectivity index (χ4v) is 2.13. The van der Waals surface area contributed by atoms with Gasteiger partial charge >= 0.3 is 6.18 Å². The van der Waals surface area contributed by atoms with Gasteiger partial charge in [-0.1, -0.05) is 13.0 Å². The third-order valence-corrected chi connectivity index (χ3v) is 3.56. The quantitative estimate of drug-likeness (QED) is 0.892. The molecule has 2 atom stereocenters. The normalized spacial score (nSPS) is 15.0. The first-order valence-corrected chi connectivity index (χ1v) is 6.85. The molecule has 0 fully saturated rings. The van der Waals surface area contributed by atoms with Crippen molar-refractivity contribution < 1.29 is 13.2 Å². The molecule has 1 aromatic rings. The number of hydrogen-bond donors (Lipinski definition) is 1. The van der Waals surface area contributed by atoms with Gasteiger partial charge in [-0.25, -0.2) is 0 Å². The van der Waals surface area contributed by atoms with Gasteiger partial charge in [-0.15, -0.1) is 0 Å². The van der Waals surface area contributed by atoms with E-state index in [2.05, 4.69) is 0 Å². The summed E-state index contributed by atoms with van der Waals surface area (Å²) >= 11 is 0. The van der Waals surface area contributed by atoms with E-state index < -0.39 is 11.7 Å². The van der Waals surface area contributed by atoms with Gasteiger partial charge in [-0.2, -0.15) is 13.2 Å². The average Bonchev–Trinajstić information content (AvgIpc) is 2.35. The lowest BCUT2D eigenvalue weighted by Crippen LogP contribution is -2.30. The Morgan fingerprint density at radius 1 is 1.25 bits per heavy atom. The van der Waals surface area contributed by atoms with Gasteiger partial charge in [0.25, 0.3) is 0 Å². The van der Waals surface area contributed by atoms with Crippen LogP contribution in [-0.4, -0.2) is 19.1 Å². The third-order valence-electron chi connectivity index (χ3n) is 3.56. The molecule has 0 bridgehead atoms. The molecule has 0 amide bonds. The minimum absolute atomic E-state index is 0.0513. The van der Waals surface area contributed by atoms with Crippen LogP contribution in [0, 0.1) is 0 Å². The molecule has 114 valence electrons. The molecule has 0 aliphatic rings. The van der Waals surface area contributed by atoms with Crippen LogP contribution < -0.4 is 10.6 Å². The Hall–Kier alpha value is -1.23. The van der Waals surface area contributed by atoms with Crippen LogP contribution in [-0.2, 0) is 12.6 Å². The van der Waals surface area contributed by atoms with Crippen molar-refractivity contribution in [3.05, 3.63) is 29.3 Å². The van der Waals surface area contributed by atoms with Gasteiger partial charge in [0, 0.05) is 24.8 Å². The molecular weight excluding hydrogens is 265 g/mol. The van der Waals surface area contributed by atoms with Gasteiger partial charge in [0.2, 0.25) is 0 Å². The number of alkyl halides is 3. The second-order valence-electron chi connectivity index (χ2n) is 5.40. The van der Waals surface area contributed by atoms with E-state index in [1.807, 2.05) is 13.8 Å². The molecule has 2 N–H and O–H groups in total. The highest BCUT2D eigenvalue weighted by Crippen LogP contribution is 2.37. The highest BCUT2D eigenvalue weighted by Gasteiger charge is 2.35. The van der Waals surface area contributed by atoms with Crippen LogP contribution >= 0.6 is 0 Å². The first-order chi connectivity index (χ1) is 9.16. The lowest BCUT2D eigenvalue weighted by molar-refractivity contribution is -0.137. The summed E-state index contributed by atoms with van der Waals surface area (Å²) in [5.74, 6) is 0. The minimum Gasteiger partial charge on any atom is -0.371 e. The molecule has 0 aliphatic heterocycles. The Morgan fingerprint density at radius 3 is 2.30 bits per heavy atom. The number of hydrogen-bond acceptors (Lipinski definition) is 2. The second kappa shape index (κ2) is 6.48. The van der Waals surface area contributed by atoms with Gasteiger partial charge in [0.1, 0.15) is 0 Å². The Bertz CT molecular complexity index is 441. The van der Waals surface area contributed by atoms with E-state index in [4.69, 9.17) is 5.73 Å². The van der Waals surface area contributed by atoms with E-state index in [9.17, 15) is 13.2 Å². The number of halogens is 3. The third kappa shape index (κ3) is 4.13. The second-order valence-corrected chi connectivity index (χ2v) is 5.40. The van der Waals surface area contributed by atoms with Gasteiger partial charge < -0.3 is 10.6 Å².